The Balaban J connectivity index is 1.65. The maximum Gasteiger partial charge on any atom is 0.211 e. The van der Waals surface area contributed by atoms with Crippen LogP contribution in [0.15, 0.2) is 57.5 Å². The predicted molar refractivity (Wildman–Crippen MR) is 101 cm³/mol. The molecule has 5 rings (SSSR count). The predicted octanol–water partition coefficient (Wildman–Crippen LogP) is 4.92. The number of allylic oxidation sites excluding steroid dienone is 2. The third kappa shape index (κ3) is 2.59. The molecule has 1 heterocycles. The molecular formula is C20H23N3S. The van der Waals surface area contributed by atoms with Crippen molar-refractivity contribution < 1.29 is 0 Å². The van der Waals surface area contributed by atoms with Gasteiger partial charge in [0.25, 0.3) is 0 Å². The lowest BCUT2D eigenvalue weighted by molar-refractivity contribution is -0.00127. The summed E-state index contributed by atoms with van der Waals surface area (Å²) in [5.41, 5.74) is 3.91. The molecule has 0 aliphatic heterocycles. The van der Waals surface area contributed by atoms with Crippen LogP contribution < -0.4 is 4.80 Å². The fraction of sp³-hybridized carbons (Fsp3) is 0.400. The van der Waals surface area contributed by atoms with Crippen molar-refractivity contribution in [1.29, 1.82) is 0 Å². The summed E-state index contributed by atoms with van der Waals surface area (Å²) in [5.74, 6) is 1.52. The zero-order chi connectivity index (χ0) is 16.7. The standard InChI is InChI=1S/C20H23N3S/c1-14-13-24-19(22-17-7-5-4-6-8-17)23(14)21-12-15-9-10-16-11-18(15)20(16,2)3/h4-9,12-13,16,18H,10-11H2,1-3H3. The van der Waals surface area contributed by atoms with Crippen molar-refractivity contribution in [3.63, 3.8) is 0 Å². The first-order valence-corrected chi connectivity index (χ1v) is 9.45. The third-order valence-electron chi connectivity index (χ3n) is 5.66. The molecule has 0 radical (unpaired) electrons. The van der Waals surface area contributed by atoms with Crippen LogP contribution in [0.2, 0.25) is 0 Å². The van der Waals surface area contributed by atoms with Gasteiger partial charge in [-0.3, -0.25) is 0 Å². The lowest BCUT2D eigenvalue weighted by atomic mass is 9.49. The summed E-state index contributed by atoms with van der Waals surface area (Å²) in [6, 6.07) is 10.1. The van der Waals surface area contributed by atoms with Gasteiger partial charge in [0.2, 0.25) is 4.80 Å². The Morgan fingerprint density at radius 1 is 1.25 bits per heavy atom. The molecule has 2 unspecified atom stereocenters. The average Bonchev–Trinajstić information content (AvgIpc) is 2.93. The Hall–Kier alpha value is -1.94. The molecule has 4 heteroatoms. The van der Waals surface area contributed by atoms with E-state index in [0.717, 1.165) is 22.1 Å². The fourth-order valence-corrected chi connectivity index (χ4v) is 4.71. The van der Waals surface area contributed by atoms with Crippen LogP contribution in [0.1, 0.15) is 32.4 Å². The minimum atomic E-state index is 0.432. The Bertz CT molecular complexity index is 868. The minimum absolute atomic E-state index is 0.432. The summed E-state index contributed by atoms with van der Waals surface area (Å²) in [6.45, 7) is 6.87. The van der Waals surface area contributed by atoms with Gasteiger partial charge >= 0.3 is 0 Å². The molecule has 0 amide bonds. The van der Waals surface area contributed by atoms with Crippen molar-refractivity contribution in [1.82, 2.24) is 4.68 Å². The molecule has 1 fully saturated rings. The smallest absolute Gasteiger partial charge is 0.211 e. The number of aryl methyl sites for hydroxylation is 1. The molecule has 1 saturated carbocycles. The number of fused-ring (bicyclic) bond motifs is 1. The monoisotopic (exact) mass is 337 g/mol. The van der Waals surface area contributed by atoms with Gasteiger partial charge in [-0.05, 0) is 54.7 Å². The third-order valence-corrected chi connectivity index (χ3v) is 6.60. The van der Waals surface area contributed by atoms with E-state index in [1.807, 2.05) is 35.0 Å². The zero-order valence-electron chi connectivity index (χ0n) is 14.4. The highest BCUT2D eigenvalue weighted by atomic mass is 32.1. The van der Waals surface area contributed by atoms with Crippen molar-refractivity contribution >= 4 is 23.2 Å². The average molecular weight is 337 g/mol. The van der Waals surface area contributed by atoms with E-state index in [9.17, 15) is 0 Å². The molecule has 0 saturated heterocycles. The van der Waals surface area contributed by atoms with Gasteiger partial charge in [0, 0.05) is 5.38 Å². The lowest BCUT2D eigenvalue weighted by Gasteiger charge is -2.55. The number of hydrogen-bond acceptors (Lipinski definition) is 3. The minimum Gasteiger partial charge on any atom is -0.220 e. The molecule has 3 aliphatic carbocycles. The van der Waals surface area contributed by atoms with Crippen LogP contribution in [0, 0.1) is 24.2 Å². The number of para-hydroxylation sites is 1. The molecule has 2 aromatic rings. The molecule has 1 aromatic heterocycles. The van der Waals surface area contributed by atoms with Crippen molar-refractivity contribution in [2.45, 2.75) is 33.6 Å². The van der Waals surface area contributed by atoms with Crippen LogP contribution in [0.25, 0.3) is 0 Å². The number of hydrogen-bond donors (Lipinski definition) is 0. The van der Waals surface area contributed by atoms with Gasteiger partial charge in [0.15, 0.2) is 0 Å². The normalized spacial score (nSPS) is 25.6. The van der Waals surface area contributed by atoms with Gasteiger partial charge in [-0.25, -0.2) is 9.67 Å². The molecule has 2 atom stereocenters. The molecule has 3 nitrogen and oxygen atoms in total. The molecular weight excluding hydrogens is 314 g/mol. The zero-order valence-corrected chi connectivity index (χ0v) is 15.3. The Kier molecular flexibility index (Phi) is 3.80. The van der Waals surface area contributed by atoms with Crippen LogP contribution in [0.5, 0.6) is 0 Å². The summed E-state index contributed by atoms with van der Waals surface area (Å²) >= 11 is 1.63. The molecule has 0 N–H and O–H groups in total. The summed E-state index contributed by atoms with van der Waals surface area (Å²) in [4.78, 5) is 5.65. The van der Waals surface area contributed by atoms with E-state index in [2.05, 4.69) is 38.4 Å². The van der Waals surface area contributed by atoms with Crippen LogP contribution in [0.3, 0.4) is 0 Å². The molecule has 124 valence electrons. The largest absolute Gasteiger partial charge is 0.220 e. The quantitative estimate of drug-likeness (QED) is 0.712. The molecule has 3 aliphatic rings. The first kappa shape index (κ1) is 15.6. The second-order valence-electron chi connectivity index (χ2n) is 7.41. The summed E-state index contributed by atoms with van der Waals surface area (Å²) in [6.07, 6.45) is 6.95. The van der Waals surface area contributed by atoms with Gasteiger partial charge in [0.1, 0.15) is 0 Å². The van der Waals surface area contributed by atoms with Crippen molar-refractivity contribution in [2.75, 3.05) is 0 Å². The van der Waals surface area contributed by atoms with Crippen LogP contribution >= 0.6 is 11.3 Å². The van der Waals surface area contributed by atoms with Crippen LogP contribution in [0.4, 0.5) is 5.69 Å². The molecule has 1 aromatic carbocycles. The summed E-state index contributed by atoms with van der Waals surface area (Å²) in [5, 5.41) is 6.88. The molecule has 2 bridgehead atoms. The highest BCUT2D eigenvalue weighted by Gasteiger charge is 2.50. The first-order valence-electron chi connectivity index (χ1n) is 8.57. The second-order valence-corrected chi connectivity index (χ2v) is 8.25. The summed E-state index contributed by atoms with van der Waals surface area (Å²) < 4.78 is 1.95. The van der Waals surface area contributed by atoms with Crippen LogP contribution in [-0.2, 0) is 0 Å². The highest BCUT2D eigenvalue weighted by molar-refractivity contribution is 7.07. The van der Waals surface area contributed by atoms with Crippen molar-refractivity contribution in [2.24, 2.45) is 27.3 Å². The van der Waals surface area contributed by atoms with E-state index in [1.165, 1.54) is 18.4 Å². The number of benzene rings is 1. The van der Waals surface area contributed by atoms with E-state index in [4.69, 9.17) is 10.1 Å². The van der Waals surface area contributed by atoms with E-state index in [0.29, 0.717) is 11.3 Å². The summed E-state index contributed by atoms with van der Waals surface area (Å²) in [7, 11) is 0. The number of rotatable bonds is 3. The van der Waals surface area contributed by atoms with Crippen LogP contribution in [-0.4, -0.2) is 10.9 Å². The van der Waals surface area contributed by atoms with Gasteiger partial charge in [-0.15, -0.1) is 11.3 Å². The van der Waals surface area contributed by atoms with E-state index < -0.39 is 0 Å². The van der Waals surface area contributed by atoms with E-state index >= 15 is 0 Å². The van der Waals surface area contributed by atoms with E-state index in [-0.39, 0.29) is 0 Å². The van der Waals surface area contributed by atoms with Gasteiger partial charge in [-0.1, -0.05) is 38.1 Å². The maximum absolute atomic E-state index is 4.77. The van der Waals surface area contributed by atoms with E-state index in [1.54, 1.807) is 11.3 Å². The van der Waals surface area contributed by atoms with Crippen molar-refractivity contribution in [3.05, 3.63) is 57.9 Å². The van der Waals surface area contributed by atoms with Gasteiger partial charge < -0.3 is 0 Å². The maximum atomic E-state index is 4.77. The number of nitrogens with zero attached hydrogens (tertiary/aromatic N) is 3. The number of aromatic nitrogens is 1. The Labute approximate surface area is 147 Å². The first-order chi connectivity index (χ1) is 11.6. The topological polar surface area (TPSA) is 29.6 Å². The second kappa shape index (κ2) is 5.85. The van der Waals surface area contributed by atoms with Crippen molar-refractivity contribution in [3.8, 4) is 0 Å². The molecule has 0 spiro atoms. The van der Waals surface area contributed by atoms with Gasteiger partial charge in [-0.2, -0.15) is 5.10 Å². The SMILES string of the molecule is Cc1csc(=Nc2ccccc2)n1N=CC1=CCC2CC1C2(C)C. The Morgan fingerprint density at radius 2 is 2.04 bits per heavy atom. The van der Waals surface area contributed by atoms with Gasteiger partial charge in [0.05, 0.1) is 17.6 Å². The fourth-order valence-electron chi connectivity index (χ4n) is 3.89. The molecule has 24 heavy (non-hydrogen) atoms. The lowest BCUT2D eigenvalue weighted by Crippen LogP contribution is -2.48. The highest BCUT2D eigenvalue weighted by Crippen LogP contribution is 2.58. The number of thiazole rings is 1. The Morgan fingerprint density at radius 3 is 2.75 bits per heavy atom.